The first-order valence-corrected chi connectivity index (χ1v) is 5.80. The molecule has 0 spiro atoms. The van der Waals surface area contributed by atoms with Crippen LogP contribution >= 0.6 is 0 Å². The third kappa shape index (κ3) is 2.68. The molecule has 0 saturated heterocycles. The number of nitrogen functional groups attached to an aromatic ring is 1. The molecular formula is C11H16N6O. The smallest absolute Gasteiger partial charge is 0.239 e. The second-order valence-corrected chi connectivity index (χ2v) is 3.88. The van der Waals surface area contributed by atoms with Gasteiger partial charge in [0.15, 0.2) is 11.5 Å². The lowest BCUT2D eigenvalue weighted by molar-refractivity contribution is -0.119. The number of nitrogens with zero attached hydrogens (tertiary/aromatic N) is 3. The number of hydrogen-bond acceptors (Lipinski definition) is 5. The Bertz CT molecular complexity index is 549. The quantitative estimate of drug-likeness (QED) is 0.704. The maximum Gasteiger partial charge on any atom is 0.239 e. The van der Waals surface area contributed by atoms with Gasteiger partial charge in [0, 0.05) is 18.9 Å². The van der Waals surface area contributed by atoms with E-state index in [9.17, 15) is 4.79 Å². The molecule has 0 atom stereocenters. The second-order valence-electron chi connectivity index (χ2n) is 3.88. The third-order valence-electron chi connectivity index (χ3n) is 2.38. The predicted octanol–water partition coefficient (Wildman–Crippen LogP) is 0.250. The summed E-state index contributed by atoms with van der Waals surface area (Å²) in [7, 11) is 0. The highest BCUT2D eigenvalue weighted by Crippen LogP contribution is 2.13. The molecule has 0 aliphatic rings. The standard InChI is InChI=1S/C11H16N6O/c1-2-3-13-9(18)6-15-10-11-14-4-5-17(11)7-8(12)16-10/h4-5,7H,2-3,6,12H2,1H3,(H,13,18)(H,15,16). The molecule has 0 radical (unpaired) electrons. The summed E-state index contributed by atoms with van der Waals surface area (Å²) in [6, 6.07) is 0. The second kappa shape index (κ2) is 5.35. The van der Waals surface area contributed by atoms with Crippen molar-refractivity contribution in [2.24, 2.45) is 0 Å². The van der Waals surface area contributed by atoms with Crippen LogP contribution in [0.3, 0.4) is 0 Å². The first kappa shape index (κ1) is 12.2. The van der Waals surface area contributed by atoms with E-state index < -0.39 is 0 Å². The zero-order valence-corrected chi connectivity index (χ0v) is 10.2. The minimum absolute atomic E-state index is 0.0780. The number of fused-ring (bicyclic) bond motifs is 1. The molecule has 1 amide bonds. The maximum atomic E-state index is 11.5. The summed E-state index contributed by atoms with van der Waals surface area (Å²) in [4.78, 5) is 19.8. The van der Waals surface area contributed by atoms with Crippen molar-refractivity contribution >= 4 is 23.2 Å². The lowest BCUT2D eigenvalue weighted by Gasteiger charge is -2.08. The van der Waals surface area contributed by atoms with Crippen molar-refractivity contribution in [3.63, 3.8) is 0 Å². The van der Waals surface area contributed by atoms with Crippen LogP contribution in [-0.2, 0) is 4.79 Å². The summed E-state index contributed by atoms with van der Waals surface area (Å²) in [6.07, 6.45) is 6.01. The van der Waals surface area contributed by atoms with Gasteiger partial charge < -0.3 is 20.8 Å². The molecule has 0 fully saturated rings. The molecule has 0 bridgehead atoms. The van der Waals surface area contributed by atoms with Gasteiger partial charge in [-0.25, -0.2) is 9.97 Å². The fourth-order valence-corrected chi connectivity index (χ4v) is 1.56. The van der Waals surface area contributed by atoms with Crippen LogP contribution in [0.15, 0.2) is 18.6 Å². The van der Waals surface area contributed by atoms with Crippen LogP contribution in [0.2, 0.25) is 0 Å². The van der Waals surface area contributed by atoms with Crippen LogP contribution in [0.25, 0.3) is 5.65 Å². The van der Waals surface area contributed by atoms with Crippen molar-refractivity contribution in [3.8, 4) is 0 Å². The zero-order valence-electron chi connectivity index (χ0n) is 10.2. The Balaban J connectivity index is 2.07. The Morgan fingerprint density at radius 3 is 3.17 bits per heavy atom. The summed E-state index contributed by atoms with van der Waals surface area (Å²) in [5.74, 6) is 0.800. The Kier molecular flexibility index (Phi) is 3.61. The number of aromatic nitrogens is 3. The molecule has 0 unspecified atom stereocenters. The first-order chi connectivity index (χ1) is 8.70. The van der Waals surface area contributed by atoms with E-state index in [2.05, 4.69) is 20.6 Å². The summed E-state index contributed by atoms with van der Waals surface area (Å²) in [5, 5.41) is 5.71. The van der Waals surface area contributed by atoms with Gasteiger partial charge in [-0.15, -0.1) is 0 Å². The molecule has 0 aliphatic carbocycles. The SMILES string of the molecule is CCCNC(=O)CNc1nc(N)cn2ccnc12. The summed E-state index contributed by atoms with van der Waals surface area (Å²) < 4.78 is 1.76. The Labute approximate surface area is 104 Å². The van der Waals surface area contributed by atoms with E-state index in [1.807, 2.05) is 6.92 Å². The first-order valence-electron chi connectivity index (χ1n) is 5.80. The van der Waals surface area contributed by atoms with Gasteiger partial charge in [0.25, 0.3) is 0 Å². The van der Waals surface area contributed by atoms with E-state index >= 15 is 0 Å². The average molecular weight is 248 g/mol. The number of amides is 1. The van der Waals surface area contributed by atoms with E-state index in [-0.39, 0.29) is 12.5 Å². The van der Waals surface area contributed by atoms with Crippen molar-refractivity contribution in [2.75, 3.05) is 24.1 Å². The number of nitrogens with two attached hydrogens (primary N) is 1. The lowest BCUT2D eigenvalue weighted by atomic mass is 10.4. The molecule has 18 heavy (non-hydrogen) atoms. The van der Waals surface area contributed by atoms with E-state index in [1.165, 1.54) is 0 Å². The number of anilines is 2. The molecule has 2 heterocycles. The van der Waals surface area contributed by atoms with E-state index in [4.69, 9.17) is 5.73 Å². The van der Waals surface area contributed by atoms with Crippen LogP contribution in [0, 0.1) is 0 Å². The summed E-state index contributed by atoms with van der Waals surface area (Å²) in [5.41, 5.74) is 6.32. The molecule has 0 aromatic carbocycles. The maximum absolute atomic E-state index is 11.5. The van der Waals surface area contributed by atoms with Gasteiger partial charge in [-0.1, -0.05) is 6.92 Å². The minimum atomic E-state index is -0.0780. The molecule has 0 saturated carbocycles. The number of nitrogens with one attached hydrogen (secondary N) is 2. The van der Waals surface area contributed by atoms with Gasteiger partial charge in [0.05, 0.1) is 12.7 Å². The molecule has 7 heteroatoms. The average Bonchev–Trinajstić information content (AvgIpc) is 2.81. The van der Waals surface area contributed by atoms with Crippen LogP contribution in [0.4, 0.5) is 11.6 Å². The largest absolute Gasteiger partial charge is 0.382 e. The highest BCUT2D eigenvalue weighted by Gasteiger charge is 2.07. The molecule has 96 valence electrons. The van der Waals surface area contributed by atoms with Crippen molar-refractivity contribution < 1.29 is 4.79 Å². The number of carbonyl (C=O) groups excluding carboxylic acids is 1. The minimum Gasteiger partial charge on any atom is -0.382 e. The number of rotatable bonds is 5. The molecule has 2 aromatic rings. The summed E-state index contributed by atoms with van der Waals surface area (Å²) in [6.45, 7) is 2.82. The third-order valence-corrected chi connectivity index (χ3v) is 2.38. The topological polar surface area (TPSA) is 97.3 Å². The van der Waals surface area contributed by atoms with Crippen LogP contribution < -0.4 is 16.4 Å². The molecule has 4 N–H and O–H groups in total. The number of carbonyl (C=O) groups is 1. The van der Waals surface area contributed by atoms with Crippen LogP contribution in [0.1, 0.15) is 13.3 Å². The number of imidazole rings is 1. The van der Waals surface area contributed by atoms with Crippen molar-refractivity contribution in [3.05, 3.63) is 18.6 Å². The van der Waals surface area contributed by atoms with Crippen molar-refractivity contribution in [1.82, 2.24) is 19.7 Å². The van der Waals surface area contributed by atoms with Gasteiger partial charge in [-0.3, -0.25) is 4.79 Å². The monoisotopic (exact) mass is 248 g/mol. The van der Waals surface area contributed by atoms with E-state index in [0.29, 0.717) is 23.8 Å². The van der Waals surface area contributed by atoms with Crippen molar-refractivity contribution in [2.45, 2.75) is 13.3 Å². The normalized spacial score (nSPS) is 10.5. The number of hydrogen-bond donors (Lipinski definition) is 3. The fourth-order valence-electron chi connectivity index (χ4n) is 1.56. The molecule has 7 nitrogen and oxygen atoms in total. The Morgan fingerprint density at radius 2 is 2.39 bits per heavy atom. The summed E-state index contributed by atoms with van der Waals surface area (Å²) >= 11 is 0. The molecule has 0 aliphatic heterocycles. The van der Waals surface area contributed by atoms with Crippen LogP contribution in [0.5, 0.6) is 0 Å². The van der Waals surface area contributed by atoms with Gasteiger partial charge in [0.2, 0.25) is 5.91 Å². The van der Waals surface area contributed by atoms with Gasteiger partial charge in [0.1, 0.15) is 5.82 Å². The molecule has 2 rings (SSSR count). The van der Waals surface area contributed by atoms with Gasteiger partial charge in [-0.05, 0) is 6.42 Å². The highest BCUT2D eigenvalue weighted by molar-refractivity contribution is 5.81. The fraction of sp³-hybridized carbons (Fsp3) is 0.364. The van der Waals surface area contributed by atoms with Crippen molar-refractivity contribution in [1.29, 1.82) is 0 Å². The molecule has 2 aromatic heterocycles. The zero-order chi connectivity index (χ0) is 13.0. The Hall–Kier alpha value is -2.31. The van der Waals surface area contributed by atoms with Gasteiger partial charge in [-0.2, -0.15) is 0 Å². The lowest BCUT2D eigenvalue weighted by Crippen LogP contribution is -2.30. The van der Waals surface area contributed by atoms with Gasteiger partial charge >= 0.3 is 0 Å². The predicted molar refractivity (Wildman–Crippen MR) is 69.2 cm³/mol. The van der Waals surface area contributed by atoms with E-state index in [1.54, 1.807) is 23.0 Å². The van der Waals surface area contributed by atoms with E-state index in [0.717, 1.165) is 6.42 Å². The highest BCUT2D eigenvalue weighted by atomic mass is 16.1. The van der Waals surface area contributed by atoms with Crippen LogP contribution in [-0.4, -0.2) is 33.4 Å². The molecular weight excluding hydrogens is 232 g/mol. The Morgan fingerprint density at radius 1 is 1.56 bits per heavy atom.